The van der Waals surface area contributed by atoms with Crippen molar-refractivity contribution < 1.29 is 4.79 Å². The molecule has 8 nitrogen and oxygen atoms in total. The van der Waals surface area contributed by atoms with Crippen molar-refractivity contribution in [2.24, 2.45) is 0 Å². The molecule has 0 saturated heterocycles. The summed E-state index contributed by atoms with van der Waals surface area (Å²) in [5, 5.41) is 6.33. The zero-order chi connectivity index (χ0) is 25.1. The van der Waals surface area contributed by atoms with Crippen LogP contribution in [0.3, 0.4) is 0 Å². The number of benzene rings is 3. The van der Waals surface area contributed by atoms with E-state index in [2.05, 4.69) is 39.7 Å². The summed E-state index contributed by atoms with van der Waals surface area (Å²) in [6, 6.07) is 25.2. The van der Waals surface area contributed by atoms with Crippen LogP contribution in [0.2, 0.25) is 0 Å². The molecule has 5 aromatic rings. The van der Waals surface area contributed by atoms with Gasteiger partial charge in [-0.05, 0) is 55.0 Å². The first-order chi connectivity index (χ1) is 17.5. The number of fused-ring (bicyclic) bond motifs is 1. The third kappa shape index (κ3) is 4.88. The van der Waals surface area contributed by atoms with Crippen LogP contribution in [0.5, 0.6) is 0 Å². The number of nitrogens with one attached hydrogen (secondary N) is 2. The Morgan fingerprint density at radius 1 is 0.944 bits per heavy atom. The van der Waals surface area contributed by atoms with E-state index in [4.69, 9.17) is 4.98 Å². The fourth-order valence-electron chi connectivity index (χ4n) is 3.97. The van der Waals surface area contributed by atoms with Gasteiger partial charge in [-0.15, -0.1) is 0 Å². The van der Waals surface area contributed by atoms with Gasteiger partial charge in [0.05, 0.1) is 17.1 Å². The number of hydrogen-bond donors (Lipinski definition) is 2. The molecule has 180 valence electrons. The van der Waals surface area contributed by atoms with Crippen molar-refractivity contribution in [2.45, 2.75) is 13.0 Å². The van der Waals surface area contributed by atoms with Crippen LogP contribution >= 0.6 is 0 Å². The third-order valence-corrected chi connectivity index (χ3v) is 5.96. The van der Waals surface area contributed by atoms with Crippen LogP contribution in [-0.2, 0) is 0 Å². The van der Waals surface area contributed by atoms with Crippen molar-refractivity contribution in [3.8, 4) is 5.82 Å². The molecule has 0 spiro atoms. The number of imidazole rings is 1. The second kappa shape index (κ2) is 9.87. The number of aromatic nitrogens is 4. The fraction of sp³-hybridized carbons (Fsp3) is 0.143. The van der Waals surface area contributed by atoms with E-state index in [1.165, 1.54) is 0 Å². The molecule has 0 aliphatic rings. The zero-order valence-electron chi connectivity index (χ0n) is 20.4. The molecular weight excluding hydrogens is 450 g/mol. The molecule has 1 atom stereocenters. The van der Waals surface area contributed by atoms with Crippen LogP contribution in [0.4, 0.5) is 17.3 Å². The number of carbonyl (C=O) groups excluding carboxylic acids is 1. The summed E-state index contributed by atoms with van der Waals surface area (Å²) in [7, 11) is 3.89. The predicted molar refractivity (Wildman–Crippen MR) is 144 cm³/mol. The van der Waals surface area contributed by atoms with E-state index in [-0.39, 0.29) is 11.9 Å². The smallest absolute Gasteiger partial charge is 0.255 e. The highest BCUT2D eigenvalue weighted by Crippen LogP contribution is 2.23. The van der Waals surface area contributed by atoms with Gasteiger partial charge in [-0.3, -0.25) is 9.36 Å². The van der Waals surface area contributed by atoms with Crippen molar-refractivity contribution in [1.82, 2.24) is 19.5 Å². The summed E-state index contributed by atoms with van der Waals surface area (Å²) in [6.45, 7) is 2.07. The van der Waals surface area contributed by atoms with Crippen molar-refractivity contribution in [1.29, 1.82) is 0 Å². The SMILES string of the molecule is C[C@H](Nc1nccc(-n2cnc3cc(NC(=O)c4cccc(N(C)C)c4)ccc32)n1)c1ccccc1. The minimum Gasteiger partial charge on any atom is -0.378 e. The van der Waals surface area contributed by atoms with Crippen LogP contribution in [0.15, 0.2) is 91.4 Å². The number of carbonyl (C=O) groups is 1. The van der Waals surface area contributed by atoms with Gasteiger partial charge in [-0.25, -0.2) is 9.97 Å². The number of rotatable bonds is 7. The topological polar surface area (TPSA) is 88.0 Å². The predicted octanol–water partition coefficient (Wildman–Crippen LogP) is 5.31. The van der Waals surface area contributed by atoms with Crippen molar-refractivity contribution in [3.63, 3.8) is 0 Å². The fourth-order valence-corrected chi connectivity index (χ4v) is 3.97. The molecule has 1 amide bonds. The van der Waals surface area contributed by atoms with Crippen LogP contribution in [-0.4, -0.2) is 39.5 Å². The average molecular weight is 478 g/mol. The molecule has 0 aliphatic carbocycles. The van der Waals surface area contributed by atoms with Crippen molar-refractivity contribution in [3.05, 3.63) is 103 Å². The molecule has 0 fully saturated rings. The van der Waals surface area contributed by atoms with Crippen molar-refractivity contribution >= 4 is 34.3 Å². The quantitative estimate of drug-likeness (QED) is 0.330. The van der Waals surface area contributed by atoms with Gasteiger partial charge in [0, 0.05) is 37.2 Å². The lowest BCUT2D eigenvalue weighted by atomic mass is 10.1. The minimum absolute atomic E-state index is 0.0607. The van der Waals surface area contributed by atoms with E-state index in [0.717, 1.165) is 22.3 Å². The van der Waals surface area contributed by atoms with Gasteiger partial charge >= 0.3 is 0 Å². The molecule has 5 rings (SSSR count). The Bertz CT molecular complexity index is 1510. The minimum atomic E-state index is -0.170. The van der Waals surface area contributed by atoms with Gasteiger partial charge < -0.3 is 15.5 Å². The first kappa shape index (κ1) is 23.0. The highest BCUT2D eigenvalue weighted by atomic mass is 16.1. The Morgan fingerprint density at radius 3 is 2.58 bits per heavy atom. The van der Waals surface area contributed by atoms with E-state index >= 15 is 0 Å². The summed E-state index contributed by atoms with van der Waals surface area (Å²) >= 11 is 0. The van der Waals surface area contributed by atoms with E-state index < -0.39 is 0 Å². The molecule has 8 heteroatoms. The normalized spacial score (nSPS) is 11.8. The lowest BCUT2D eigenvalue weighted by Crippen LogP contribution is -2.14. The number of nitrogens with zero attached hydrogens (tertiary/aromatic N) is 5. The maximum absolute atomic E-state index is 12.8. The number of anilines is 3. The second-order valence-electron chi connectivity index (χ2n) is 8.73. The van der Waals surface area contributed by atoms with E-state index in [9.17, 15) is 4.79 Å². The van der Waals surface area contributed by atoms with Crippen LogP contribution in [0.1, 0.15) is 28.9 Å². The lowest BCUT2D eigenvalue weighted by Gasteiger charge is -2.14. The Kier molecular flexibility index (Phi) is 6.32. The molecule has 2 aromatic heterocycles. The summed E-state index contributed by atoms with van der Waals surface area (Å²) in [4.78, 5) is 28.4. The summed E-state index contributed by atoms with van der Waals surface area (Å²) < 4.78 is 1.90. The molecule has 36 heavy (non-hydrogen) atoms. The van der Waals surface area contributed by atoms with E-state index in [1.807, 2.05) is 84.2 Å². The Morgan fingerprint density at radius 2 is 1.78 bits per heavy atom. The molecular formula is C28H27N7O. The molecule has 2 N–H and O–H groups in total. The standard InChI is InChI=1S/C28H27N7O/c1-19(20-8-5-4-6-9-20)31-28-29-15-14-26(33-28)35-18-30-24-17-22(12-13-25(24)35)32-27(36)21-10-7-11-23(16-21)34(2)3/h4-19H,1-3H3,(H,32,36)(H,29,31,33)/t19-/m0/s1. The Labute approximate surface area is 209 Å². The van der Waals surface area contributed by atoms with Gasteiger partial charge in [0.1, 0.15) is 12.1 Å². The monoisotopic (exact) mass is 477 g/mol. The Balaban J connectivity index is 1.35. The highest BCUT2D eigenvalue weighted by molar-refractivity contribution is 6.05. The number of hydrogen-bond acceptors (Lipinski definition) is 6. The highest BCUT2D eigenvalue weighted by Gasteiger charge is 2.12. The molecule has 0 saturated carbocycles. The van der Waals surface area contributed by atoms with Crippen LogP contribution in [0, 0.1) is 0 Å². The second-order valence-corrected chi connectivity index (χ2v) is 8.73. The maximum atomic E-state index is 12.8. The van der Waals surface area contributed by atoms with Gasteiger partial charge in [0.25, 0.3) is 5.91 Å². The molecule has 0 bridgehead atoms. The van der Waals surface area contributed by atoms with Gasteiger partial charge in [-0.1, -0.05) is 36.4 Å². The Hall–Kier alpha value is -4.72. The molecule has 0 aliphatic heterocycles. The largest absolute Gasteiger partial charge is 0.378 e. The summed E-state index contributed by atoms with van der Waals surface area (Å²) in [6.07, 6.45) is 3.45. The van der Waals surface area contributed by atoms with Gasteiger partial charge in [-0.2, -0.15) is 4.98 Å². The van der Waals surface area contributed by atoms with Gasteiger partial charge in [0.2, 0.25) is 5.95 Å². The van der Waals surface area contributed by atoms with Crippen LogP contribution in [0.25, 0.3) is 16.9 Å². The summed E-state index contributed by atoms with van der Waals surface area (Å²) in [5.41, 5.74) is 5.02. The van der Waals surface area contributed by atoms with E-state index in [1.54, 1.807) is 18.6 Å². The third-order valence-electron chi connectivity index (χ3n) is 5.96. The molecule has 0 radical (unpaired) electrons. The lowest BCUT2D eigenvalue weighted by molar-refractivity contribution is 0.102. The van der Waals surface area contributed by atoms with Crippen molar-refractivity contribution in [2.75, 3.05) is 29.6 Å². The maximum Gasteiger partial charge on any atom is 0.255 e. The first-order valence-electron chi connectivity index (χ1n) is 11.7. The first-order valence-corrected chi connectivity index (χ1v) is 11.7. The van der Waals surface area contributed by atoms with E-state index in [0.29, 0.717) is 23.0 Å². The summed E-state index contributed by atoms with van der Waals surface area (Å²) in [5.74, 6) is 1.07. The number of amides is 1. The molecule has 3 aromatic carbocycles. The molecule has 0 unspecified atom stereocenters. The molecule has 2 heterocycles. The zero-order valence-corrected chi connectivity index (χ0v) is 20.4. The average Bonchev–Trinajstić information content (AvgIpc) is 3.33. The van der Waals surface area contributed by atoms with Crippen LogP contribution < -0.4 is 15.5 Å². The van der Waals surface area contributed by atoms with Gasteiger partial charge in [0.15, 0.2) is 0 Å².